The van der Waals surface area contributed by atoms with Gasteiger partial charge in [0.1, 0.15) is 5.82 Å². The van der Waals surface area contributed by atoms with Crippen molar-refractivity contribution in [1.29, 1.82) is 0 Å². The van der Waals surface area contributed by atoms with Crippen LogP contribution >= 0.6 is 0 Å². The number of hydrogen-bond donors (Lipinski definition) is 1. The number of aromatic amines is 1. The molecule has 0 saturated carbocycles. The Bertz CT molecular complexity index is 642. The van der Waals surface area contributed by atoms with Crippen molar-refractivity contribution in [3.63, 3.8) is 0 Å². The summed E-state index contributed by atoms with van der Waals surface area (Å²) >= 11 is 0. The van der Waals surface area contributed by atoms with E-state index in [0.29, 0.717) is 6.42 Å². The molecule has 0 unspecified atom stereocenters. The quantitative estimate of drug-likeness (QED) is 0.941. The number of benzene rings is 1. The molecule has 1 aliphatic rings. The van der Waals surface area contributed by atoms with Crippen LogP contribution in [0.5, 0.6) is 0 Å². The first kappa shape index (κ1) is 13.9. The molecule has 21 heavy (non-hydrogen) atoms. The summed E-state index contributed by atoms with van der Waals surface area (Å²) in [6, 6.07) is 8.62. The van der Waals surface area contributed by atoms with Gasteiger partial charge in [-0.2, -0.15) is 0 Å². The zero-order chi connectivity index (χ0) is 15.0. The number of aromatic nitrogens is 2. The highest BCUT2D eigenvalue weighted by atomic mass is 16.2. The van der Waals surface area contributed by atoms with Crippen molar-refractivity contribution in [3.8, 4) is 11.3 Å². The average Bonchev–Trinajstić information content (AvgIpc) is 3.06. The van der Waals surface area contributed by atoms with Gasteiger partial charge in [-0.3, -0.25) is 4.79 Å². The van der Waals surface area contributed by atoms with Crippen molar-refractivity contribution in [2.24, 2.45) is 0 Å². The molecule has 1 fully saturated rings. The zero-order valence-electron chi connectivity index (χ0n) is 12.8. The van der Waals surface area contributed by atoms with E-state index >= 15 is 0 Å². The van der Waals surface area contributed by atoms with Crippen LogP contribution in [0, 0.1) is 6.92 Å². The van der Waals surface area contributed by atoms with E-state index < -0.39 is 0 Å². The number of H-pyrrole nitrogens is 1. The van der Waals surface area contributed by atoms with Gasteiger partial charge in [-0.1, -0.05) is 29.8 Å². The second kappa shape index (κ2) is 5.35. The van der Waals surface area contributed by atoms with E-state index in [1.165, 1.54) is 5.56 Å². The molecule has 110 valence electrons. The first-order valence-corrected chi connectivity index (χ1v) is 7.46. The number of carbonyl (C=O) groups is 1. The van der Waals surface area contributed by atoms with Gasteiger partial charge in [0.15, 0.2) is 0 Å². The van der Waals surface area contributed by atoms with Crippen LogP contribution in [0.4, 0.5) is 0 Å². The number of hydrogen-bond acceptors (Lipinski definition) is 2. The molecule has 0 radical (unpaired) electrons. The highest BCUT2D eigenvalue weighted by Gasteiger charge is 2.33. The molecule has 1 atom stereocenters. The van der Waals surface area contributed by atoms with Gasteiger partial charge in [0.2, 0.25) is 5.91 Å². The smallest absolute Gasteiger partial charge is 0.223 e. The lowest BCUT2D eigenvalue weighted by Crippen LogP contribution is -2.31. The maximum atomic E-state index is 12.0. The highest BCUT2D eigenvalue weighted by molar-refractivity contribution is 5.79. The topological polar surface area (TPSA) is 49.0 Å². The van der Waals surface area contributed by atoms with Crippen LogP contribution in [-0.4, -0.2) is 33.4 Å². The second-order valence-corrected chi connectivity index (χ2v) is 6.09. The molecule has 1 amide bonds. The number of aryl methyl sites for hydroxylation is 1. The molecule has 0 aliphatic carbocycles. The van der Waals surface area contributed by atoms with Crippen molar-refractivity contribution in [2.45, 2.75) is 39.2 Å². The van der Waals surface area contributed by atoms with Gasteiger partial charge < -0.3 is 9.88 Å². The van der Waals surface area contributed by atoms with Crippen LogP contribution in [0.3, 0.4) is 0 Å². The minimum Gasteiger partial charge on any atom is -0.342 e. The molecule has 1 aliphatic heterocycles. The molecular formula is C17H21N3O. The number of nitrogens with one attached hydrogen (secondary N) is 1. The Kier molecular flexibility index (Phi) is 3.53. The Hall–Kier alpha value is -2.10. The number of carbonyl (C=O) groups excluding carboxylic acids is 1. The van der Waals surface area contributed by atoms with Crippen LogP contribution in [0.2, 0.25) is 0 Å². The Balaban J connectivity index is 1.80. The van der Waals surface area contributed by atoms with E-state index in [2.05, 4.69) is 55.0 Å². The third kappa shape index (κ3) is 2.71. The molecule has 0 bridgehead atoms. The van der Waals surface area contributed by atoms with Crippen molar-refractivity contribution in [2.75, 3.05) is 6.54 Å². The predicted molar refractivity (Wildman–Crippen MR) is 83.0 cm³/mol. The van der Waals surface area contributed by atoms with Crippen molar-refractivity contribution in [1.82, 2.24) is 14.9 Å². The molecule has 3 rings (SSSR count). The number of imidazole rings is 1. The van der Waals surface area contributed by atoms with Crippen molar-refractivity contribution < 1.29 is 4.79 Å². The van der Waals surface area contributed by atoms with E-state index in [1.54, 1.807) is 0 Å². The van der Waals surface area contributed by atoms with E-state index in [0.717, 1.165) is 23.6 Å². The van der Waals surface area contributed by atoms with Crippen molar-refractivity contribution in [3.05, 3.63) is 41.9 Å². The monoisotopic (exact) mass is 283 g/mol. The number of amides is 1. The average molecular weight is 283 g/mol. The highest BCUT2D eigenvalue weighted by Crippen LogP contribution is 2.29. The zero-order valence-corrected chi connectivity index (χ0v) is 12.8. The minimum atomic E-state index is 0.180. The van der Waals surface area contributed by atoms with Crippen LogP contribution in [0.25, 0.3) is 11.3 Å². The molecule has 0 spiro atoms. The summed E-state index contributed by atoms with van der Waals surface area (Å²) in [5.74, 6) is 1.32. The van der Waals surface area contributed by atoms with E-state index in [4.69, 9.17) is 0 Å². The maximum absolute atomic E-state index is 12.0. The lowest BCUT2D eigenvalue weighted by molar-refractivity contribution is -0.129. The van der Waals surface area contributed by atoms with E-state index in [1.807, 2.05) is 11.1 Å². The normalized spacial score (nSPS) is 18.8. The third-order valence-corrected chi connectivity index (χ3v) is 4.13. The van der Waals surface area contributed by atoms with E-state index in [-0.39, 0.29) is 17.9 Å². The van der Waals surface area contributed by atoms with Crippen molar-refractivity contribution >= 4 is 5.91 Å². The van der Waals surface area contributed by atoms with Crippen LogP contribution in [0.1, 0.15) is 37.6 Å². The van der Waals surface area contributed by atoms with Crippen LogP contribution in [-0.2, 0) is 4.79 Å². The summed E-state index contributed by atoms with van der Waals surface area (Å²) in [4.78, 5) is 21.8. The largest absolute Gasteiger partial charge is 0.342 e. The van der Waals surface area contributed by atoms with Gasteiger partial charge in [-0.15, -0.1) is 0 Å². The van der Waals surface area contributed by atoms with Gasteiger partial charge in [0.25, 0.3) is 0 Å². The summed E-state index contributed by atoms with van der Waals surface area (Å²) in [7, 11) is 0. The Morgan fingerprint density at radius 1 is 1.29 bits per heavy atom. The van der Waals surface area contributed by atoms with Gasteiger partial charge in [0, 0.05) is 24.9 Å². The summed E-state index contributed by atoms with van der Waals surface area (Å²) in [6.07, 6.45) is 2.42. The number of rotatable bonds is 3. The van der Waals surface area contributed by atoms with Crippen LogP contribution in [0.15, 0.2) is 30.5 Å². The molecule has 4 heteroatoms. The minimum absolute atomic E-state index is 0.180. The molecule has 1 saturated heterocycles. The third-order valence-electron chi connectivity index (χ3n) is 4.13. The second-order valence-electron chi connectivity index (χ2n) is 6.09. The van der Waals surface area contributed by atoms with Gasteiger partial charge in [-0.25, -0.2) is 4.98 Å². The molecule has 1 aromatic heterocycles. The molecule has 4 nitrogen and oxygen atoms in total. The molecule has 1 aromatic carbocycles. The molecular weight excluding hydrogens is 262 g/mol. The van der Waals surface area contributed by atoms with Crippen LogP contribution < -0.4 is 0 Å². The maximum Gasteiger partial charge on any atom is 0.223 e. The summed E-state index contributed by atoms with van der Waals surface area (Å²) in [5.41, 5.74) is 3.39. The lowest BCUT2D eigenvalue weighted by atomic mass is 10.1. The number of nitrogens with zero attached hydrogens (tertiary/aromatic N) is 2. The standard InChI is InChI=1S/C17H21N3O/c1-11(2)20-10-14(8-16(20)21)17-18-9-15(19-17)13-6-4-12(3)5-7-13/h4-7,9,11,14H,8,10H2,1-3H3,(H,18,19)/t14-/m1/s1. The molecule has 2 heterocycles. The molecule has 1 N–H and O–H groups in total. The van der Waals surface area contributed by atoms with Gasteiger partial charge in [-0.05, 0) is 26.3 Å². The fraction of sp³-hybridized carbons (Fsp3) is 0.412. The van der Waals surface area contributed by atoms with Gasteiger partial charge in [0.05, 0.1) is 11.9 Å². The summed E-state index contributed by atoms with van der Waals surface area (Å²) in [6.45, 7) is 6.95. The fourth-order valence-corrected chi connectivity index (χ4v) is 2.84. The first-order chi connectivity index (χ1) is 10.0. The number of likely N-dealkylation sites (tertiary alicyclic amines) is 1. The summed E-state index contributed by atoms with van der Waals surface area (Å²) in [5, 5.41) is 0. The molecule has 2 aromatic rings. The Morgan fingerprint density at radius 2 is 2.00 bits per heavy atom. The van der Waals surface area contributed by atoms with Gasteiger partial charge >= 0.3 is 0 Å². The van der Waals surface area contributed by atoms with E-state index in [9.17, 15) is 4.79 Å². The predicted octanol–water partition coefficient (Wildman–Crippen LogP) is 3.11. The fourth-order valence-electron chi connectivity index (χ4n) is 2.84. The Morgan fingerprint density at radius 3 is 2.62 bits per heavy atom. The SMILES string of the molecule is Cc1ccc(-c2cnc([C@@H]3CC(=O)N(C(C)C)C3)[nH]2)cc1. The lowest BCUT2D eigenvalue weighted by Gasteiger charge is -2.20. The summed E-state index contributed by atoms with van der Waals surface area (Å²) < 4.78 is 0. The first-order valence-electron chi connectivity index (χ1n) is 7.46. The Labute approximate surface area is 125 Å².